The Kier molecular flexibility index (Phi) is 6.88. The maximum Gasteiger partial charge on any atom is 0.338 e. The highest BCUT2D eigenvalue weighted by Gasteiger charge is 2.33. The van der Waals surface area contributed by atoms with Crippen molar-refractivity contribution >= 4 is 23.4 Å². The van der Waals surface area contributed by atoms with Crippen molar-refractivity contribution in [1.82, 2.24) is 4.57 Å². The molecule has 0 unspecified atom stereocenters. The monoisotopic (exact) mass is 478 g/mol. The minimum atomic E-state index is -0.771. The van der Waals surface area contributed by atoms with Crippen LogP contribution in [0.1, 0.15) is 31.0 Å². The summed E-state index contributed by atoms with van der Waals surface area (Å²) < 4.78 is 26.3. The first kappa shape index (κ1) is 23.4. The Bertz CT molecular complexity index is 1430. The Morgan fingerprint density at radius 3 is 2.56 bits per heavy atom. The number of nitrogens with zero attached hydrogens (tertiary/aromatic N) is 2. The molecule has 0 bridgehead atoms. The summed E-state index contributed by atoms with van der Waals surface area (Å²) in [7, 11) is 0. The van der Waals surface area contributed by atoms with Crippen molar-refractivity contribution in [3.05, 3.63) is 109 Å². The number of benzene rings is 2. The number of allylic oxidation sites excluding steroid dienone is 1. The van der Waals surface area contributed by atoms with Gasteiger partial charge >= 0.3 is 5.97 Å². The average molecular weight is 479 g/mol. The highest BCUT2D eigenvalue weighted by atomic mass is 32.1. The largest absolute Gasteiger partial charge is 0.490 e. The topological polar surface area (TPSA) is 69.9 Å². The lowest BCUT2D eigenvalue weighted by Crippen LogP contribution is -2.39. The van der Waals surface area contributed by atoms with E-state index in [0.717, 1.165) is 5.56 Å². The number of aromatic nitrogens is 1. The van der Waals surface area contributed by atoms with Crippen molar-refractivity contribution in [3.8, 4) is 5.75 Å². The number of ether oxygens (including phenoxy) is 2. The van der Waals surface area contributed by atoms with Crippen molar-refractivity contribution < 1.29 is 18.7 Å². The maximum atomic E-state index is 13.6. The van der Waals surface area contributed by atoms with Gasteiger partial charge in [-0.1, -0.05) is 48.3 Å². The van der Waals surface area contributed by atoms with Crippen molar-refractivity contribution in [2.24, 2.45) is 4.99 Å². The Balaban J connectivity index is 1.84. The van der Waals surface area contributed by atoms with Crippen LogP contribution in [0.4, 0.5) is 4.39 Å². The number of halogens is 1. The molecule has 8 heteroatoms. The van der Waals surface area contributed by atoms with E-state index in [1.807, 2.05) is 24.3 Å². The van der Waals surface area contributed by atoms with Crippen molar-refractivity contribution in [2.75, 3.05) is 13.2 Å². The molecule has 0 radical (unpaired) electrons. The van der Waals surface area contributed by atoms with E-state index in [1.165, 1.54) is 28.0 Å². The number of thiazole rings is 1. The Hall–Kier alpha value is -3.78. The third kappa shape index (κ3) is 4.63. The van der Waals surface area contributed by atoms with Gasteiger partial charge in [0, 0.05) is 0 Å². The lowest BCUT2D eigenvalue weighted by Gasteiger charge is -2.24. The molecule has 0 N–H and O–H groups in total. The van der Waals surface area contributed by atoms with Gasteiger partial charge in [-0.2, -0.15) is 0 Å². The molecule has 1 aliphatic rings. The number of carbonyl (C=O) groups is 1. The minimum absolute atomic E-state index is 0.183. The molecular formula is C26H23FN2O4S. The molecule has 0 aliphatic carbocycles. The van der Waals surface area contributed by atoms with Gasteiger partial charge < -0.3 is 9.47 Å². The molecule has 0 fully saturated rings. The van der Waals surface area contributed by atoms with Crippen molar-refractivity contribution in [1.29, 1.82) is 0 Å². The van der Waals surface area contributed by atoms with E-state index < -0.39 is 17.8 Å². The quantitative estimate of drug-likeness (QED) is 0.385. The Labute approximate surface area is 199 Å². The van der Waals surface area contributed by atoms with Gasteiger partial charge in [-0.25, -0.2) is 14.2 Å². The van der Waals surface area contributed by atoms with Crippen LogP contribution >= 0.6 is 11.3 Å². The summed E-state index contributed by atoms with van der Waals surface area (Å²) in [4.78, 5) is 31.3. The molecule has 6 nitrogen and oxygen atoms in total. The highest BCUT2D eigenvalue weighted by molar-refractivity contribution is 7.07. The fraction of sp³-hybridized carbons (Fsp3) is 0.192. The SMILES string of the molecule is C=CCOc1ccc(/C=c2\sc3n(c2=O)[C@H](c2ccc(F)cc2)C(C(=O)OCC)=C(C)N=3)cc1. The van der Waals surface area contributed by atoms with Crippen LogP contribution in [0, 0.1) is 5.82 Å². The van der Waals surface area contributed by atoms with Crippen LogP contribution in [-0.2, 0) is 9.53 Å². The van der Waals surface area contributed by atoms with E-state index >= 15 is 0 Å². The van der Waals surface area contributed by atoms with Gasteiger partial charge in [-0.15, -0.1) is 0 Å². The van der Waals surface area contributed by atoms with E-state index in [4.69, 9.17) is 9.47 Å². The van der Waals surface area contributed by atoms with Crippen LogP contribution in [0.15, 0.2) is 82.2 Å². The molecule has 0 amide bonds. The number of rotatable bonds is 7. The van der Waals surface area contributed by atoms with Crippen molar-refractivity contribution in [3.63, 3.8) is 0 Å². The first-order valence-corrected chi connectivity index (χ1v) is 11.5. The van der Waals surface area contributed by atoms with E-state index in [9.17, 15) is 14.0 Å². The molecule has 3 aromatic rings. The second kappa shape index (κ2) is 10.0. The summed E-state index contributed by atoms with van der Waals surface area (Å²) in [5.41, 5.74) is 1.84. The smallest absolute Gasteiger partial charge is 0.338 e. The molecule has 2 heterocycles. The number of esters is 1. The second-order valence-electron chi connectivity index (χ2n) is 7.52. The van der Waals surface area contributed by atoms with Crippen LogP contribution in [0.3, 0.4) is 0 Å². The summed E-state index contributed by atoms with van der Waals surface area (Å²) >= 11 is 1.23. The van der Waals surface area contributed by atoms with Gasteiger partial charge in [0.1, 0.15) is 18.2 Å². The zero-order chi connectivity index (χ0) is 24.2. The van der Waals surface area contributed by atoms with Crippen LogP contribution < -0.4 is 19.6 Å². The molecule has 174 valence electrons. The van der Waals surface area contributed by atoms with E-state index in [2.05, 4.69) is 11.6 Å². The van der Waals surface area contributed by atoms with Crippen LogP contribution in [0.5, 0.6) is 5.75 Å². The molecule has 0 saturated carbocycles. The molecule has 2 aromatic carbocycles. The molecule has 1 aliphatic heterocycles. The fourth-order valence-electron chi connectivity index (χ4n) is 3.72. The number of fused-ring (bicyclic) bond motifs is 1. The predicted molar refractivity (Wildman–Crippen MR) is 129 cm³/mol. The maximum absolute atomic E-state index is 13.6. The standard InChI is InChI=1S/C26H23FN2O4S/c1-4-14-33-20-12-6-17(7-13-20)15-21-24(30)29-23(18-8-10-19(27)11-9-18)22(25(31)32-5-2)16(3)28-26(29)34-21/h4,6-13,15,23H,1,5,14H2,2-3H3/b21-15-/t23-/m1/s1. The molecule has 1 aromatic heterocycles. The number of hydrogen-bond acceptors (Lipinski definition) is 6. The first-order valence-electron chi connectivity index (χ1n) is 10.7. The molecule has 0 spiro atoms. The third-order valence-electron chi connectivity index (χ3n) is 5.25. The zero-order valence-electron chi connectivity index (χ0n) is 18.8. The minimum Gasteiger partial charge on any atom is -0.490 e. The van der Waals surface area contributed by atoms with Gasteiger partial charge in [-0.05, 0) is 55.3 Å². The van der Waals surface area contributed by atoms with E-state index in [-0.39, 0.29) is 17.7 Å². The Morgan fingerprint density at radius 1 is 1.21 bits per heavy atom. The van der Waals surface area contributed by atoms with E-state index in [0.29, 0.717) is 33.0 Å². The van der Waals surface area contributed by atoms with Gasteiger partial charge in [0.2, 0.25) is 0 Å². The normalized spacial score (nSPS) is 15.5. The summed E-state index contributed by atoms with van der Waals surface area (Å²) in [5.74, 6) is -0.262. The number of carbonyl (C=O) groups excluding carboxylic acids is 1. The van der Waals surface area contributed by atoms with Gasteiger partial charge in [0.15, 0.2) is 4.80 Å². The van der Waals surface area contributed by atoms with Crippen LogP contribution in [0.2, 0.25) is 0 Å². The molecule has 0 saturated heterocycles. The average Bonchev–Trinajstić information content (AvgIpc) is 3.12. The molecule has 1 atom stereocenters. The second-order valence-corrected chi connectivity index (χ2v) is 8.53. The zero-order valence-corrected chi connectivity index (χ0v) is 19.6. The number of hydrogen-bond donors (Lipinski definition) is 0. The van der Waals surface area contributed by atoms with Crippen LogP contribution in [0.25, 0.3) is 6.08 Å². The lowest BCUT2D eigenvalue weighted by atomic mass is 9.96. The van der Waals surface area contributed by atoms with Gasteiger partial charge in [-0.3, -0.25) is 9.36 Å². The molecular weight excluding hydrogens is 455 g/mol. The first-order chi connectivity index (χ1) is 16.4. The van der Waals surface area contributed by atoms with Crippen molar-refractivity contribution in [2.45, 2.75) is 19.9 Å². The fourth-order valence-corrected chi connectivity index (χ4v) is 4.77. The lowest BCUT2D eigenvalue weighted by molar-refractivity contribution is -0.139. The molecule has 4 rings (SSSR count). The van der Waals surface area contributed by atoms with Gasteiger partial charge in [0.05, 0.1) is 28.5 Å². The van der Waals surface area contributed by atoms with Crippen LogP contribution in [-0.4, -0.2) is 23.8 Å². The summed E-state index contributed by atoms with van der Waals surface area (Å²) in [5, 5.41) is 0. The summed E-state index contributed by atoms with van der Waals surface area (Å²) in [6.07, 6.45) is 3.44. The van der Waals surface area contributed by atoms with Gasteiger partial charge in [0.25, 0.3) is 5.56 Å². The predicted octanol–water partition coefficient (Wildman–Crippen LogP) is 3.50. The molecule has 34 heavy (non-hydrogen) atoms. The third-order valence-corrected chi connectivity index (χ3v) is 6.23. The van der Waals surface area contributed by atoms with E-state index in [1.54, 1.807) is 38.1 Å². The Morgan fingerprint density at radius 2 is 1.91 bits per heavy atom. The summed E-state index contributed by atoms with van der Waals surface area (Å²) in [6, 6.07) is 12.3. The highest BCUT2D eigenvalue weighted by Crippen LogP contribution is 2.30. The summed E-state index contributed by atoms with van der Waals surface area (Å²) in [6.45, 7) is 7.64.